The smallest absolute Gasteiger partial charge is 0.320 e. The third-order valence-corrected chi connectivity index (χ3v) is 3.25. The Morgan fingerprint density at radius 1 is 1.50 bits per heavy atom. The van der Waals surface area contributed by atoms with E-state index in [1.165, 1.54) is 0 Å². The summed E-state index contributed by atoms with van der Waals surface area (Å²) >= 11 is 0. The van der Waals surface area contributed by atoms with E-state index in [0.29, 0.717) is 6.54 Å². The van der Waals surface area contributed by atoms with Crippen LogP contribution in [-0.2, 0) is 0 Å². The van der Waals surface area contributed by atoms with Crippen molar-refractivity contribution < 1.29 is 4.79 Å². The van der Waals surface area contributed by atoms with E-state index in [-0.39, 0.29) is 12.1 Å². The van der Waals surface area contributed by atoms with E-state index in [4.69, 9.17) is 0 Å². The lowest BCUT2D eigenvalue weighted by Crippen LogP contribution is -2.49. The SMILES string of the molecule is C=CCN(C(=O)N1CCC(C)CC1)C(C)C. The van der Waals surface area contributed by atoms with Gasteiger partial charge in [-0.1, -0.05) is 13.0 Å². The zero-order valence-electron chi connectivity index (χ0n) is 10.8. The van der Waals surface area contributed by atoms with Crippen LogP contribution in [0.5, 0.6) is 0 Å². The summed E-state index contributed by atoms with van der Waals surface area (Å²) in [7, 11) is 0. The van der Waals surface area contributed by atoms with Crippen LogP contribution in [-0.4, -0.2) is 41.5 Å². The number of likely N-dealkylation sites (tertiary alicyclic amines) is 1. The molecule has 0 aromatic carbocycles. The highest BCUT2D eigenvalue weighted by molar-refractivity contribution is 5.75. The molecule has 0 aromatic heterocycles. The van der Waals surface area contributed by atoms with E-state index < -0.39 is 0 Å². The largest absolute Gasteiger partial charge is 0.325 e. The lowest BCUT2D eigenvalue weighted by atomic mass is 9.99. The van der Waals surface area contributed by atoms with Gasteiger partial charge in [0, 0.05) is 25.7 Å². The van der Waals surface area contributed by atoms with Crippen LogP contribution in [0.15, 0.2) is 12.7 Å². The standard InChI is InChI=1S/C13H24N2O/c1-5-8-15(11(2)3)13(16)14-9-6-12(4)7-10-14/h5,11-12H,1,6-10H2,2-4H3. The second-order valence-corrected chi connectivity index (χ2v) is 4.99. The number of piperidine rings is 1. The van der Waals surface area contributed by atoms with Crippen LogP contribution in [0.2, 0.25) is 0 Å². The first-order valence-electron chi connectivity index (χ1n) is 6.22. The summed E-state index contributed by atoms with van der Waals surface area (Å²) in [4.78, 5) is 16.1. The minimum absolute atomic E-state index is 0.168. The van der Waals surface area contributed by atoms with Gasteiger partial charge in [0.15, 0.2) is 0 Å². The Kier molecular flexibility index (Phi) is 4.84. The van der Waals surface area contributed by atoms with Crippen molar-refractivity contribution in [2.24, 2.45) is 5.92 Å². The quantitative estimate of drug-likeness (QED) is 0.676. The van der Waals surface area contributed by atoms with E-state index in [0.717, 1.165) is 31.8 Å². The third kappa shape index (κ3) is 3.26. The molecule has 0 aromatic rings. The topological polar surface area (TPSA) is 23.6 Å². The van der Waals surface area contributed by atoms with Crippen LogP contribution >= 0.6 is 0 Å². The number of carbonyl (C=O) groups is 1. The zero-order valence-corrected chi connectivity index (χ0v) is 10.8. The molecular weight excluding hydrogens is 200 g/mol. The second kappa shape index (κ2) is 5.92. The van der Waals surface area contributed by atoms with Gasteiger partial charge in [0.25, 0.3) is 0 Å². The molecule has 16 heavy (non-hydrogen) atoms. The maximum absolute atomic E-state index is 12.2. The van der Waals surface area contributed by atoms with Crippen LogP contribution in [0.4, 0.5) is 4.79 Å². The second-order valence-electron chi connectivity index (χ2n) is 4.99. The van der Waals surface area contributed by atoms with Gasteiger partial charge in [-0.2, -0.15) is 0 Å². The van der Waals surface area contributed by atoms with Crippen molar-refractivity contribution in [1.82, 2.24) is 9.80 Å². The molecule has 1 rings (SSSR count). The average Bonchev–Trinajstić information content (AvgIpc) is 2.25. The van der Waals surface area contributed by atoms with E-state index in [9.17, 15) is 4.79 Å². The number of hydrogen-bond donors (Lipinski definition) is 0. The maximum Gasteiger partial charge on any atom is 0.320 e. The Bertz CT molecular complexity index is 242. The lowest BCUT2D eigenvalue weighted by Gasteiger charge is -2.36. The highest BCUT2D eigenvalue weighted by atomic mass is 16.2. The van der Waals surface area contributed by atoms with Gasteiger partial charge in [-0.3, -0.25) is 0 Å². The molecule has 1 saturated heterocycles. The van der Waals surface area contributed by atoms with Gasteiger partial charge >= 0.3 is 6.03 Å². The van der Waals surface area contributed by atoms with Crippen LogP contribution in [0.3, 0.4) is 0 Å². The molecule has 1 aliphatic heterocycles. The summed E-state index contributed by atoms with van der Waals surface area (Å²) in [5.41, 5.74) is 0. The monoisotopic (exact) mass is 224 g/mol. The van der Waals surface area contributed by atoms with Gasteiger partial charge in [0.1, 0.15) is 0 Å². The molecule has 1 aliphatic rings. The molecule has 0 radical (unpaired) electrons. The Hall–Kier alpha value is -0.990. The predicted molar refractivity (Wildman–Crippen MR) is 67.4 cm³/mol. The van der Waals surface area contributed by atoms with Crippen molar-refractivity contribution in [2.75, 3.05) is 19.6 Å². The Labute approximate surface area is 99.1 Å². The van der Waals surface area contributed by atoms with Crippen LogP contribution in [0, 0.1) is 5.92 Å². The van der Waals surface area contributed by atoms with Crippen molar-refractivity contribution >= 4 is 6.03 Å². The Balaban J connectivity index is 2.56. The Morgan fingerprint density at radius 2 is 2.06 bits per heavy atom. The molecule has 3 nitrogen and oxygen atoms in total. The molecule has 0 atom stereocenters. The van der Waals surface area contributed by atoms with Crippen LogP contribution < -0.4 is 0 Å². The van der Waals surface area contributed by atoms with Gasteiger partial charge in [-0.25, -0.2) is 4.79 Å². The molecule has 2 amide bonds. The summed E-state index contributed by atoms with van der Waals surface area (Å²) in [5, 5.41) is 0. The summed E-state index contributed by atoms with van der Waals surface area (Å²) in [6.07, 6.45) is 4.06. The molecule has 0 N–H and O–H groups in total. The summed E-state index contributed by atoms with van der Waals surface area (Å²) < 4.78 is 0. The van der Waals surface area contributed by atoms with Gasteiger partial charge in [-0.15, -0.1) is 6.58 Å². The fraction of sp³-hybridized carbons (Fsp3) is 0.769. The first-order chi connectivity index (χ1) is 7.56. The van der Waals surface area contributed by atoms with Gasteiger partial charge in [0.2, 0.25) is 0 Å². The fourth-order valence-electron chi connectivity index (χ4n) is 2.03. The van der Waals surface area contributed by atoms with E-state index in [1.54, 1.807) is 6.08 Å². The van der Waals surface area contributed by atoms with Crippen molar-refractivity contribution in [1.29, 1.82) is 0 Å². The molecule has 0 bridgehead atoms. The minimum Gasteiger partial charge on any atom is -0.325 e. The molecular formula is C13H24N2O. The van der Waals surface area contributed by atoms with Crippen LogP contribution in [0.1, 0.15) is 33.6 Å². The average molecular weight is 224 g/mol. The normalized spacial score (nSPS) is 17.6. The first-order valence-corrected chi connectivity index (χ1v) is 6.22. The predicted octanol–water partition coefficient (Wildman–Crippen LogP) is 2.73. The van der Waals surface area contributed by atoms with Crippen LogP contribution in [0.25, 0.3) is 0 Å². The van der Waals surface area contributed by atoms with E-state index in [1.807, 2.05) is 23.6 Å². The van der Waals surface area contributed by atoms with Gasteiger partial charge in [-0.05, 0) is 32.6 Å². The molecule has 1 heterocycles. The molecule has 0 saturated carbocycles. The van der Waals surface area contributed by atoms with E-state index >= 15 is 0 Å². The number of hydrogen-bond acceptors (Lipinski definition) is 1. The molecule has 0 spiro atoms. The number of carbonyl (C=O) groups excluding carboxylic acids is 1. The van der Waals surface area contributed by atoms with Crippen molar-refractivity contribution in [2.45, 2.75) is 39.7 Å². The highest BCUT2D eigenvalue weighted by Crippen LogP contribution is 2.18. The van der Waals surface area contributed by atoms with Gasteiger partial charge in [0.05, 0.1) is 0 Å². The molecule has 0 aliphatic carbocycles. The first kappa shape index (κ1) is 13.1. The van der Waals surface area contributed by atoms with Crippen molar-refractivity contribution in [3.63, 3.8) is 0 Å². The van der Waals surface area contributed by atoms with Gasteiger partial charge < -0.3 is 9.80 Å². The Morgan fingerprint density at radius 3 is 2.50 bits per heavy atom. The molecule has 1 fully saturated rings. The summed E-state index contributed by atoms with van der Waals surface area (Å²) in [6.45, 7) is 12.5. The third-order valence-electron chi connectivity index (χ3n) is 3.25. The summed E-state index contributed by atoms with van der Waals surface area (Å²) in [6, 6.07) is 0.409. The minimum atomic E-state index is 0.168. The van der Waals surface area contributed by atoms with Crippen molar-refractivity contribution in [3.05, 3.63) is 12.7 Å². The molecule has 3 heteroatoms. The maximum atomic E-state index is 12.2. The number of rotatable bonds is 3. The summed E-state index contributed by atoms with van der Waals surface area (Å²) in [5.74, 6) is 0.760. The lowest BCUT2D eigenvalue weighted by molar-refractivity contribution is 0.129. The number of urea groups is 1. The molecule has 92 valence electrons. The number of amides is 2. The van der Waals surface area contributed by atoms with Crippen molar-refractivity contribution in [3.8, 4) is 0 Å². The van der Waals surface area contributed by atoms with E-state index in [2.05, 4.69) is 13.5 Å². The zero-order chi connectivity index (χ0) is 12.1. The number of nitrogens with zero attached hydrogens (tertiary/aromatic N) is 2. The fourth-order valence-corrected chi connectivity index (χ4v) is 2.03. The molecule has 0 unspecified atom stereocenters. The highest BCUT2D eigenvalue weighted by Gasteiger charge is 2.25.